The highest BCUT2D eigenvalue weighted by atomic mass is 16.5. The van der Waals surface area contributed by atoms with Crippen molar-refractivity contribution >= 4 is 5.78 Å². The Hall–Kier alpha value is -1.35. The number of benzene rings is 1. The molecular weight excluding hydrogens is 240 g/mol. The molecule has 0 saturated carbocycles. The van der Waals surface area contributed by atoms with Gasteiger partial charge in [0.25, 0.3) is 0 Å². The zero-order chi connectivity index (χ0) is 14.3. The number of ketones is 1. The third kappa shape index (κ3) is 6.39. The van der Waals surface area contributed by atoms with Gasteiger partial charge in [0.15, 0.2) is 0 Å². The van der Waals surface area contributed by atoms with Crippen molar-refractivity contribution in [1.29, 1.82) is 0 Å². The molecule has 0 N–H and O–H groups in total. The number of carbonyl (C=O) groups excluding carboxylic acids is 1. The molecule has 0 bridgehead atoms. The van der Waals surface area contributed by atoms with Crippen molar-refractivity contribution in [3.63, 3.8) is 0 Å². The van der Waals surface area contributed by atoms with Crippen molar-refractivity contribution < 1.29 is 14.3 Å². The summed E-state index contributed by atoms with van der Waals surface area (Å²) in [5.41, 5.74) is 1.02. The molecule has 1 aromatic carbocycles. The number of hydrogen-bond donors (Lipinski definition) is 0. The van der Waals surface area contributed by atoms with E-state index in [9.17, 15) is 4.79 Å². The summed E-state index contributed by atoms with van der Waals surface area (Å²) < 4.78 is 11.0. The maximum Gasteiger partial charge on any atom is 0.130 e. The van der Waals surface area contributed by atoms with Crippen molar-refractivity contribution in [3.05, 3.63) is 29.8 Å². The summed E-state index contributed by atoms with van der Waals surface area (Å²) in [7, 11) is 1.71. The van der Waals surface area contributed by atoms with E-state index in [-0.39, 0.29) is 11.4 Å². The summed E-state index contributed by atoms with van der Waals surface area (Å²) in [6, 6.07) is 7.93. The molecule has 3 heteroatoms. The molecule has 0 aliphatic heterocycles. The Bertz CT molecular complexity index is 393. The van der Waals surface area contributed by atoms with Crippen LogP contribution in [-0.4, -0.2) is 25.1 Å². The summed E-state index contributed by atoms with van der Waals surface area (Å²) >= 11 is 0. The first kappa shape index (κ1) is 15.7. The fourth-order valence-corrected chi connectivity index (χ4v) is 1.59. The third-order valence-electron chi connectivity index (χ3n) is 3.21. The van der Waals surface area contributed by atoms with Crippen molar-refractivity contribution in [2.75, 3.05) is 13.7 Å². The SMILES string of the molecule is COC(C)(C)CCOc1ccc(CCC(C)=O)cc1. The number of Topliss-reactive ketones (excluding diaryl/α,β-unsaturated/α-hetero) is 1. The zero-order valence-electron chi connectivity index (χ0n) is 12.4. The summed E-state index contributed by atoms with van der Waals surface area (Å²) in [4.78, 5) is 10.9. The zero-order valence-corrected chi connectivity index (χ0v) is 12.4. The average molecular weight is 264 g/mol. The van der Waals surface area contributed by atoms with Crippen LogP contribution in [0.4, 0.5) is 0 Å². The number of rotatable bonds is 8. The second kappa shape index (κ2) is 7.29. The Kier molecular flexibility index (Phi) is 6.03. The van der Waals surface area contributed by atoms with E-state index in [1.165, 1.54) is 5.56 Å². The van der Waals surface area contributed by atoms with Crippen LogP contribution in [0.25, 0.3) is 0 Å². The maximum absolute atomic E-state index is 10.9. The van der Waals surface area contributed by atoms with Gasteiger partial charge < -0.3 is 14.3 Å². The van der Waals surface area contributed by atoms with Crippen molar-refractivity contribution in [2.24, 2.45) is 0 Å². The molecule has 1 aromatic rings. The van der Waals surface area contributed by atoms with Crippen LogP contribution in [0.1, 0.15) is 39.2 Å². The minimum Gasteiger partial charge on any atom is -0.493 e. The topological polar surface area (TPSA) is 35.5 Å². The Morgan fingerprint density at radius 3 is 2.37 bits per heavy atom. The number of aryl methyl sites for hydroxylation is 1. The van der Waals surface area contributed by atoms with Gasteiger partial charge in [0.1, 0.15) is 11.5 Å². The maximum atomic E-state index is 10.9. The fraction of sp³-hybridized carbons (Fsp3) is 0.562. The van der Waals surface area contributed by atoms with Crippen LogP contribution in [-0.2, 0) is 16.0 Å². The minimum atomic E-state index is -0.151. The lowest BCUT2D eigenvalue weighted by Gasteiger charge is -2.22. The van der Waals surface area contributed by atoms with Crippen LogP contribution < -0.4 is 4.74 Å². The van der Waals surface area contributed by atoms with Crippen LogP contribution in [0, 0.1) is 0 Å². The van der Waals surface area contributed by atoms with Gasteiger partial charge >= 0.3 is 0 Å². The van der Waals surface area contributed by atoms with Crippen molar-refractivity contribution in [3.8, 4) is 5.75 Å². The highest BCUT2D eigenvalue weighted by Crippen LogP contribution is 2.17. The predicted octanol–water partition coefficient (Wildman–Crippen LogP) is 3.40. The predicted molar refractivity (Wildman–Crippen MR) is 76.6 cm³/mol. The Morgan fingerprint density at radius 2 is 1.84 bits per heavy atom. The molecule has 106 valence electrons. The van der Waals surface area contributed by atoms with Gasteiger partial charge in [0.2, 0.25) is 0 Å². The molecule has 0 atom stereocenters. The number of ether oxygens (including phenoxy) is 2. The van der Waals surface area contributed by atoms with Gasteiger partial charge in [0.05, 0.1) is 12.2 Å². The average Bonchev–Trinajstić information content (AvgIpc) is 2.37. The molecule has 0 aliphatic rings. The lowest BCUT2D eigenvalue weighted by Crippen LogP contribution is -2.25. The summed E-state index contributed by atoms with van der Waals surface area (Å²) in [6.45, 7) is 6.34. The summed E-state index contributed by atoms with van der Waals surface area (Å²) in [5.74, 6) is 1.08. The van der Waals surface area contributed by atoms with Crippen LogP contribution in [0.2, 0.25) is 0 Å². The van der Waals surface area contributed by atoms with Gasteiger partial charge in [-0.05, 0) is 44.9 Å². The molecule has 19 heavy (non-hydrogen) atoms. The second-order valence-electron chi connectivity index (χ2n) is 5.41. The number of methoxy groups -OCH3 is 1. The first-order chi connectivity index (χ1) is 8.93. The molecule has 0 aliphatic carbocycles. The second-order valence-corrected chi connectivity index (χ2v) is 5.41. The minimum absolute atomic E-state index is 0.151. The van der Waals surface area contributed by atoms with Gasteiger partial charge in [-0.1, -0.05) is 12.1 Å². The van der Waals surface area contributed by atoms with E-state index in [2.05, 4.69) is 0 Å². The lowest BCUT2D eigenvalue weighted by atomic mass is 10.1. The lowest BCUT2D eigenvalue weighted by molar-refractivity contribution is -0.116. The van der Waals surface area contributed by atoms with Crippen molar-refractivity contribution in [2.45, 2.75) is 45.6 Å². The first-order valence-electron chi connectivity index (χ1n) is 6.69. The van der Waals surface area contributed by atoms with Crippen LogP contribution >= 0.6 is 0 Å². The van der Waals surface area contributed by atoms with Gasteiger partial charge in [-0.25, -0.2) is 0 Å². The van der Waals surface area contributed by atoms with E-state index in [0.717, 1.165) is 18.6 Å². The van der Waals surface area contributed by atoms with E-state index < -0.39 is 0 Å². The van der Waals surface area contributed by atoms with E-state index in [0.29, 0.717) is 13.0 Å². The molecule has 0 radical (unpaired) electrons. The van der Waals surface area contributed by atoms with Gasteiger partial charge in [-0.15, -0.1) is 0 Å². The van der Waals surface area contributed by atoms with Crippen molar-refractivity contribution in [1.82, 2.24) is 0 Å². The highest BCUT2D eigenvalue weighted by molar-refractivity contribution is 5.75. The Labute approximate surface area is 115 Å². The molecule has 0 amide bonds. The molecule has 0 aromatic heterocycles. The molecule has 3 nitrogen and oxygen atoms in total. The first-order valence-corrected chi connectivity index (χ1v) is 6.69. The number of carbonyl (C=O) groups is 1. The largest absolute Gasteiger partial charge is 0.493 e. The van der Waals surface area contributed by atoms with E-state index in [1.807, 2.05) is 38.1 Å². The monoisotopic (exact) mass is 264 g/mol. The molecule has 0 heterocycles. The Morgan fingerprint density at radius 1 is 1.21 bits per heavy atom. The molecule has 0 unspecified atom stereocenters. The standard InChI is InChI=1S/C16H24O3/c1-13(17)5-6-14-7-9-15(10-8-14)19-12-11-16(2,3)18-4/h7-10H,5-6,11-12H2,1-4H3. The quantitative estimate of drug-likeness (QED) is 0.722. The van der Waals surface area contributed by atoms with Gasteiger partial charge in [-0.3, -0.25) is 0 Å². The highest BCUT2D eigenvalue weighted by Gasteiger charge is 2.15. The smallest absolute Gasteiger partial charge is 0.130 e. The van der Waals surface area contributed by atoms with Gasteiger partial charge in [-0.2, -0.15) is 0 Å². The van der Waals surface area contributed by atoms with E-state index >= 15 is 0 Å². The van der Waals surface area contributed by atoms with Crippen LogP contribution in [0.3, 0.4) is 0 Å². The normalized spacial score (nSPS) is 11.4. The molecule has 0 fully saturated rings. The summed E-state index contributed by atoms with van der Waals surface area (Å²) in [5, 5.41) is 0. The molecule has 1 rings (SSSR count). The molecule has 0 spiro atoms. The van der Waals surface area contributed by atoms with Crippen LogP contribution in [0.15, 0.2) is 24.3 Å². The van der Waals surface area contributed by atoms with E-state index in [4.69, 9.17) is 9.47 Å². The fourth-order valence-electron chi connectivity index (χ4n) is 1.59. The summed E-state index contributed by atoms with van der Waals surface area (Å²) in [6.07, 6.45) is 2.24. The molecular formula is C16H24O3. The Balaban J connectivity index is 2.38. The third-order valence-corrected chi connectivity index (χ3v) is 3.21. The molecule has 0 saturated heterocycles. The van der Waals surface area contributed by atoms with E-state index in [1.54, 1.807) is 14.0 Å². The van der Waals surface area contributed by atoms with Crippen LogP contribution in [0.5, 0.6) is 5.75 Å². The van der Waals surface area contributed by atoms with Gasteiger partial charge in [0, 0.05) is 20.0 Å². The number of hydrogen-bond acceptors (Lipinski definition) is 3.